The second-order valence-electron chi connectivity index (χ2n) is 0.600. The molecule has 0 aromatic rings. The lowest BCUT2D eigenvalue weighted by Crippen LogP contribution is -2.11. The van der Waals surface area contributed by atoms with Gasteiger partial charge < -0.3 is 5.73 Å². The minimum atomic E-state index is -1.06. The molecule has 0 spiro atoms. The fourth-order valence-electron chi connectivity index (χ4n) is 0. The van der Waals surface area contributed by atoms with Crippen LogP contribution in [0.4, 0.5) is 4.39 Å². The van der Waals surface area contributed by atoms with Gasteiger partial charge in [0, 0.05) is 0 Å². The van der Waals surface area contributed by atoms with Crippen LogP contribution in [0.15, 0.2) is 0 Å². The van der Waals surface area contributed by atoms with Gasteiger partial charge in [0.05, 0.1) is 0 Å². The Bertz CT molecular complexity index is 44.9. The number of alkyl halides is 1. The first-order valence-electron chi connectivity index (χ1n) is 1.11. The molecule has 0 fully saturated rings. The summed E-state index contributed by atoms with van der Waals surface area (Å²) in [6.07, 6.45) is 0. The van der Waals surface area contributed by atoms with Gasteiger partial charge >= 0.3 is 0 Å². The highest BCUT2D eigenvalue weighted by molar-refractivity contribution is 5.74. The lowest BCUT2D eigenvalue weighted by Gasteiger charge is -1.70. The number of nitrogens with two attached hydrogens (primary N) is 1. The highest BCUT2D eigenvalue weighted by atomic mass is 18.2. The van der Waals surface area contributed by atoms with E-state index >= 15 is 0 Å². The van der Waals surface area contributed by atoms with Crippen LogP contribution < -0.4 is 5.73 Å². The Hall–Kier alpha value is -0.600. The lowest BCUT2D eigenvalue weighted by molar-refractivity contribution is -0.118. The summed E-state index contributed by atoms with van der Waals surface area (Å²) < 4.78 is 10.6. The molecule has 1 amide bonds. The molecule has 5 heavy (non-hydrogen) atoms. The quantitative estimate of drug-likeness (QED) is 0.447. The highest BCUT2D eigenvalue weighted by Gasteiger charge is 1.81. The number of halogens is 1. The van der Waals surface area contributed by atoms with Crippen molar-refractivity contribution in [1.29, 1.82) is 0 Å². The number of rotatable bonds is 1. The highest BCUT2D eigenvalue weighted by Crippen LogP contribution is 1.55. The molecule has 0 rings (SSSR count). The normalized spacial score (nSPS) is 7.40. The van der Waals surface area contributed by atoms with Gasteiger partial charge in [-0.2, -0.15) is 0 Å². The van der Waals surface area contributed by atoms with Gasteiger partial charge in [-0.25, -0.2) is 4.39 Å². The maximum Gasteiger partial charge on any atom is 0.248 e. The second-order valence-corrected chi connectivity index (χ2v) is 0.600. The van der Waals surface area contributed by atoms with E-state index in [0.29, 0.717) is 0 Å². The minimum Gasteiger partial charge on any atom is -0.367 e. The van der Waals surface area contributed by atoms with Gasteiger partial charge in [0.2, 0.25) is 5.91 Å². The van der Waals surface area contributed by atoms with Gasteiger partial charge in [0.15, 0.2) is 6.67 Å². The predicted molar refractivity (Wildman–Crippen MR) is 15.2 cm³/mol. The van der Waals surface area contributed by atoms with Crippen molar-refractivity contribution in [2.75, 3.05) is 6.67 Å². The van der Waals surface area contributed by atoms with Gasteiger partial charge in [0.1, 0.15) is 0 Å². The molecule has 30 valence electrons. The van der Waals surface area contributed by atoms with Crippen LogP contribution in [0.2, 0.25) is 0 Å². The van der Waals surface area contributed by atoms with Gasteiger partial charge in [-0.1, -0.05) is 0 Å². The predicted octanol–water partition coefficient (Wildman–Crippen LogP) is -0.559. The van der Waals surface area contributed by atoms with E-state index in [2.05, 4.69) is 5.73 Å². The van der Waals surface area contributed by atoms with Crippen molar-refractivity contribution < 1.29 is 9.18 Å². The Morgan fingerprint density at radius 2 is 2.20 bits per heavy atom. The van der Waals surface area contributed by atoms with Crippen molar-refractivity contribution >= 4 is 5.91 Å². The van der Waals surface area contributed by atoms with Crippen molar-refractivity contribution in [3.8, 4) is 0 Å². The Kier molecular flexibility index (Phi) is 1.49. The molecule has 0 saturated carbocycles. The zero-order valence-corrected chi connectivity index (χ0v) is 2.57. The fraction of sp³-hybridized carbons (Fsp3) is 0.500. The first kappa shape index (κ1) is 4.40. The molecule has 0 saturated heterocycles. The number of carbonyl (C=O) groups excluding carboxylic acids is 1. The van der Waals surface area contributed by atoms with E-state index < -0.39 is 12.6 Å². The summed E-state index contributed by atoms with van der Waals surface area (Å²) in [5.74, 6) is -0.912. The third-order valence-corrected chi connectivity index (χ3v) is 0.132. The number of hydrogen-bond donors (Lipinski definition) is 1. The average molecular weight is 76.1 g/mol. The van der Waals surface area contributed by atoms with Crippen LogP contribution in [-0.2, 0) is 4.79 Å². The summed E-state index contributed by atoms with van der Waals surface area (Å²) in [6, 6.07) is 0. The monoisotopic (exact) mass is 76.0 g/mol. The summed E-state index contributed by atoms with van der Waals surface area (Å²) in [5.41, 5.74) is 4.28. The van der Waals surface area contributed by atoms with E-state index in [0.717, 1.165) is 0 Å². The lowest BCUT2D eigenvalue weighted by atomic mass is 10.7. The molecule has 0 heterocycles. The first-order valence-corrected chi connectivity index (χ1v) is 1.11. The van der Waals surface area contributed by atoms with Crippen LogP contribution in [-0.4, -0.2) is 12.6 Å². The van der Waals surface area contributed by atoms with E-state index in [1.807, 2.05) is 0 Å². The van der Waals surface area contributed by atoms with Crippen molar-refractivity contribution in [2.24, 2.45) is 5.73 Å². The summed E-state index contributed by atoms with van der Waals surface area (Å²) in [5, 5.41) is 0. The molecule has 0 aromatic heterocycles. The van der Waals surface area contributed by atoms with Gasteiger partial charge in [-0.15, -0.1) is 0 Å². The third-order valence-electron chi connectivity index (χ3n) is 0.132. The minimum absolute atomic E-state index is 0.912. The molecule has 0 aliphatic heterocycles. The van der Waals surface area contributed by atoms with E-state index in [9.17, 15) is 9.18 Å². The van der Waals surface area contributed by atoms with Gasteiger partial charge in [-0.3, -0.25) is 4.79 Å². The number of amides is 1. The fourth-order valence-corrected chi connectivity index (χ4v) is 0. The second kappa shape index (κ2) is 1.69. The average Bonchev–Trinajstić information content (AvgIpc) is 1.38. The Morgan fingerprint density at radius 3 is 2.20 bits per heavy atom. The van der Waals surface area contributed by atoms with Crippen LogP contribution in [0, 0.1) is 0 Å². The number of carbonyl (C=O) groups is 1. The maximum atomic E-state index is 10.6. The van der Waals surface area contributed by atoms with Crippen molar-refractivity contribution in [2.45, 2.75) is 0 Å². The Labute approximate surface area is 28.8 Å². The molecule has 0 bridgehead atoms. The van der Waals surface area contributed by atoms with E-state index in [1.54, 1.807) is 0 Å². The SMILES string of the molecule is NC(=O)C[18F]. The molecule has 2 N–H and O–H groups in total. The van der Waals surface area contributed by atoms with Crippen molar-refractivity contribution in [3.05, 3.63) is 0 Å². The molecule has 0 aromatic carbocycles. The van der Waals surface area contributed by atoms with Crippen molar-refractivity contribution in [3.63, 3.8) is 0 Å². The van der Waals surface area contributed by atoms with Crippen LogP contribution in [0.25, 0.3) is 0 Å². The largest absolute Gasteiger partial charge is 0.367 e. The Balaban J connectivity index is 2.85. The summed E-state index contributed by atoms with van der Waals surface area (Å²) in [6.45, 7) is -1.06. The molecule has 3 heteroatoms. The Morgan fingerprint density at radius 1 is 2.00 bits per heavy atom. The topological polar surface area (TPSA) is 43.1 Å². The molecule has 2 nitrogen and oxygen atoms in total. The van der Waals surface area contributed by atoms with E-state index in [4.69, 9.17) is 0 Å². The summed E-state index contributed by atoms with van der Waals surface area (Å²) in [4.78, 5) is 9.22. The summed E-state index contributed by atoms with van der Waals surface area (Å²) >= 11 is 0. The van der Waals surface area contributed by atoms with Crippen LogP contribution in [0.5, 0.6) is 0 Å². The van der Waals surface area contributed by atoms with E-state index in [1.165, 1.54) is 0 Å². The standard InChI is InChI=1S/C2H4FNO/c3-1-2(4)5/h1H2,(H2,4,5)/i3-1. The summed E-state index contributed by atoms with van der Waals surface area (Å²) in [7, 11) is 0. The molecular formula is C2H4FNO. The van der Waals surface area contributed by atoms with Crippen LogP contribution in [0.3, 0.4) is 0 Å². The van der Waals surface area contributed by atoms with Crippen LogP contribution in [0.1, 0.15) is 0 Å². The van der Waals surface area contributed by atoms with Crippen LogP contribution >= 0.6 is 0 Å². The molecular weight excluding hydrogens is 72.0 g/mol. The zero-order chi connectivity index (χ0) is 4.28. The first-order chi connectivity index (χ1) is 2.27. The molecule has 0 unspecified atom stereocenters. The smallest absolute Gasteiger partial charge is 0.248 e. The van der Waals surface area contributed by atoms with Gasteiger partial charge in [-0.05, 0) is 0 Å². The zero-order valence-electron chi connectivity index (χ0n) is 2.57. The molecule has 0 radical (unpaired) electrons. The van der Waals surface area contributed by atoms with E-state index in [-0.39, 0.29) is 0 Å². The van der Waals surface area contributed by atoms with Gasteiger partial charge in [0.25, 0.3) is 0 Å². The number of hydrogen-bond acceptors (Lipinski definition) is 1. The molecule has 0 aliphatic rings. The third kappa shape index (κ3) is 3.40. The maximum absolute atomic E-state index is 10.6. The molecule has 0 atom stereocenters. The number of primary amides is 1. The molecule has 0 aliphatic carbocycles. The van der Waals surface area contributed by atoms with Crippen molar-refractivity contribution in [1.82, 2.24) is 0 Å².